The average molecular weight is 241 g/mol. The van der Waals surface area contributed by atoms with Crippen molar-refractivity contribution >= 4 is 5.91 Å². The van der Waals surface area contributed by atoms with E-state index < -0.39 is 0 Å². The first-order valence-electron chi connectivity index (χ1n) is 6.46. The van der Waals surface area contributed by atoms with E-state index in [-0.39, 0.29) is 17.9 Å². The minimum absolute atomic E-state index is 0.0610. The smallest absolute Gasteiger partial charge is 0.228 e. The fraction of sp³-hybridized carbons (Fsp3) is 0.917. The summed E-state index contributed by atoms with van der Waals surface area (Å²) in [4.78, 5) is 16.7. The van der Waals surface area contributed by atoms with Gasteiger partial charge in [-0.15, -0.1) is 0 Å². The van der Waals surface area contributed by atoms with Crippen LogP contribution >= 0.6 is 0 Å². The van der Waals surface area contributed by atoms with Gasteiger partial charge in [-0.2, -0.15) is 0 Å². The molecule has 17 heavy (non-hydrogen) atoms. The molecule has 2 saturated heterocycles. The lowest BCUT2D eigenvalue weighted by atomic mass is 9.99. The highest BCUT2D eigenvalue weighted by molar-refractivity contribution is 5.79. The molecule has 98 valence electrons. The first kappa shape index (κ1) is 12.8. The fourth-order valence-corrected chi connectivity index (χ4v) is 2.59. The van der Waals surface area contributed by atoms with Crippen LogP contribution in [0.5, 0.6) is 0 Å². The predicted molar refractivity (Wildman–Crippen MR) is 65.9 cm³/mol. The second-order valence-electron chi connectivity index (χ2n) is 4.99. The van der Waals surface area contributed by atoms with Crippen LogP contribution in [0.2, 0.25) is 0 Å². The van der Waals surface area contributed by atoms with E-state index >= 15 is 0 Å². The molecule has 2 unspecified atom stereocenters. The normalized spacial score (nSPS) is 30.8. The Kier molecular flexibility index (Phi) is 4.36. The van der Waals surface area contributed by atoms with E-state index in [9.17, 15) is 4.79 Å². The van der Waals surface area contributed by atoms with Gasteiger partial charge in [-0.05, 0) is 20.5 Å². The molecule has 2 rings (SSSR count). The number of nitrogens with zero attached hydrogens (tertiary/aromatic N) is 2. The minimum Gasteiger partial charge on any atom is -0.376 e. The largest absolute Gasteiger partial charge is 0.376 e. The van der Waals surface area contributed by atoms with Crippen molar-refractivity contribution in [2.75, 3.05) is 53.4 Å². The van der Waals surface area contributed by atoms with E-state index in [4.69, 9.17) is 4.74 Å². The van der Waals surface area contributed by atoms with Crippen molar-refractivity contribution in [1.82, 2.24) is 15.1 Å². The molecule has 2 heterocycles. The Morgan fingerprint density at radius 1 is 1.35 bits per heavy atom. The average Bonchev–Trinajstić information content (AvgIpc) is 2.78. The topological polar surface area (TPSA) is 44.8 Å². The number of hydrogen-bond acceptors (Lipinski definition) is 4. The SMILES string of the molecule is CNCC1OCCC1C(=O)N1CCN(C)CC1. The number of amides is 1. The number of likely N-dealkylation sites (N-methyl/N-ethyl adjacent to an activating group) is 2. The molecule has 0 saturated carbocycles. The van der Waals surface area contributed by atoms with Crippen LogP contribution in [0, 0.1) is 5.92 Å². The third-order valence-electron chi connectivity index (χ3n) is 3.75. The molecule has 2 atom stereocenters. The summed E-state index contributed by atoms with van der Waals surface area (Å²) in [6, 6.07) is 0. The molecule has 0 bridgehead atoms. The monoisotopic (exact) mass is 241 g/mol. The first-order valence-corrected chi connectivity index (χ1v) is 6.46. The summed E-state index contributed by atoms with van der Waals surface area (Å²) in [7, 11) is 4.00. The van der Waals surface area contributed by atoms with Gasteiger partial charge < -0.3 is 19.9 Å². The Morgan fingerprint density at radius 3 is 2.71 bits per heavy atom. The third kappa shape index (κ3) is 2.97. The lowest BCUT2D eigenvalue weighted by Gasteiger charge is -2.34. The lowest BCUT2D eigenvalue weighted by Crippen LogP contribution is -2.50. The van der Waals surface area contributed by atoms with E-state index in [1.165, 1.54) is 0 Å². The zero-order valence-electron chi connectivity index (χ0n) is 10.8. The van der Waals surface area contributed by atoms with Crippen LogP contribution in [0.1, 0.15) is 6.42 Å². The Bertz CT molecular complexity index is 264. The van der Waals surface area contributed by atoms with Gasteiger partial charge in [-0.1, -0.05) is 0 Å². The minimum atomic E-state index is 0.0610. The standard InChI is InChI=1S/C12H23N3O2/c1-13-9-11-10(3-8-17-11)12(16)15-6-4-14(2)5-7-15/h10-11,13H,3-9H2,1-2H3. The molecule has 0 aromatic rings. The second-order valence-corrected chi connectivity index (χ2v) is 4.99. The summed E-state index contributed by atoms with van der Waals surface area (Å²) in [5.41, 5.74) is 0. The lowest BCUT2D eigenvalue weighted by molar-refractivity contribution is -0.138. The maximum absolute atomic E-state index is 12.4. The van der Waals surface area contributed by atoms with Crippen LogP contribution in [0.15, 0.2) is 0 Å². The van der Waals surface area contributed by atoms with Crippen LogP contribution in [-0.2, 0) is 9.53 Å². The van der Waals surface area contributed by atoms with Crippen molar-refractivity contribution in [3.8, 4) is 0 Å². The van der Waals surface area contributed by atoms with Gasteiger partial charge >= 0.3 is 0 Å². The van der Waals surface area contributed by atoms with E-state index in [0.29, 0.717) is 0 Å². The van der Waals surface area contributed by atoms with Gasteiger partial charge in [0.2, 0.25) is 5.91 Å². The van der Waals surface area contributed by atoms with Gasteiger partial charge in [-0.25, -0.2) is 0 Å². The number of rotatable bonds is 3. The van der Waals surface area contributed by atoms with E-state index in [2.05, 4.69) is 17.3 Å². The molecule has 0 aromatic carbocycles. The summed E-state index contributed by atoms with van der Waals surface area (Å²) in [5, 5.41) is 3.10. The Labute approximate surface area is 103 Å². The summed E-state index contributed by atoms with van der Waals surface area (Å²) < 4.78 is 5.62. The van der Waals surface area contributed by atoms with Gasteiger partial charge in [0.15, 0.2) is 0 Å². The number of hydrogen-bond donors (Lipinski definition) is 1. The van der Waals surface area contributed by atoms with Gasteiger partial charge in [0, 0.05) is 39.3 Å². The quantitative estimate of drug-likeness (QED) is 0.715. The van der Waals surface area contributed by atoms with Crippen molar-refractivity contribution < 1.29 is 9.53 Å². The van der Waals surface area contributed by atoms with Gasteiger partial charge in [-0.3, -0.25) is 4.79 Å². The molecule has 5 nitrogen and oxygen atoms in total. The molecule has 2 aliphatic heterocycles. The van der Waals surface area contributed by atoms with Gasteiger partial charge in [0.1, 0.15) is 0 Å². The highest BCUT2D eigenvalue weighted by atomic mass is 16.5. The number of nitrogens with one attached hydrogen (secondary N) is 1. The Balaban J connectivity index is 1.90. The highest BCUT2D eigenvalue weighted by Crippen LogP contribution is 2.23. The number of carbonyl (C=O) groups is 1. The van der Waals surface area contributed by atoms with Crippen molar-refractivity contribution in [2.45, 2.75) is 12.5 Å². The zero-order chi connectivity index (χ0) is 12.3. The van der Waals surface area contributed by atoms with Crippen molar-refractivity contribution in [3.63, 3.8) is 0 Å². The van der Waals surface area contributed by atoms with Crippen molar-refractivity contribution in [2.24, 2.45) is 5.92 Å². The Hall–Kier alpha value is -0.650. The third-order valence-corrected chi connectivity index (χ3v) is 3.75. The second kappa shape index (κ2) is 5.80. The summed E-state index contributed by atoms with van der Waals surface area (Å²) in [6.45, 7) is 5.17. The summed E-state index contributed by atoms with van der Waals surface area (Å²) in [6.07, 6.45) is 0.935. The number of carbonyl (C=O) groups excluding carboxylic acids is 1. The molecule has 2 fully saturated rings. The van der Waals surface area contributed by atoms with Crippen LogP contribution in [-0.4, -0.2) is 75.2 Å². The highest BCUT2D eigenvalue weighted by Gasteiger charge is 2.36. The molecule has 1 N–H and O–H groups in total. The predicted octanol–water partition coefficient (Wildman–Crippen LogP) is -0.615. The van der Waals surface area contributed by atoms with Crippen molar-refractivity contribution in [1.29, 1.82) is 0 Å². The van der Waals surface area contributed by atoms with Crippen molar-refractivity contribution in [3.05, 3.63) is 0 Å². The van der Waals surface area contributed by atoms with E-state index in [1.54, 1.807) is 0 Å². The number of ether oxygens (including phenoxy) is 1. The summed E-state index contributed by atoms with van der Waals surface area (Å²) >= 11 is 0. The molecule has 1 amide bonds. The van der Waals surface area contributed by atoms with Gasteiger partial charge in [0.05, 0.1) is 12.0 Å². The Morgan fingerprint density at radius 2 is 2.06 bits per heavy atom. The van der Waals surface area contributed by atoms with Crippen LogP contribution in [0.4, 0.5) is 0 Å². The molecule has 0 radical (unpaired) electrons. The molecule has 2 aliphatic rings. The van der Waals surface area contributed by atoms with E-state index in [0.717, 1.165) is 45.8 Å². The van der Waals surface area contributed by atoms with E-state index in [1.807, 2.05) is 11.9 Å². The fourth-order valence-electron chi connectivity index (χ4n) is 2.59. The maximum atomic E-state index is 12.4. The molecular formula is C12H23N3O2. The molecule has 5 heteroatoms. The van der Waals surface area contributed by atoms with Crippen LogP contribution in [0.25, 0.3) is 0 Å². The maximum Gasteiger partial charge on any atom is 0.228 e. The zero-order valence-corrected chi connectivity index (χ0v) is 10.8. The summed E-state index contributed by atoms with van der Waals surface area (Å²) in [5.74, 6) is 0.349. The molecular weight excluding hydrogens is 218 g/mol. The molecule has 0 spiro atoms. The van der Waals surface area contributed by atoms with Crippen LogP contribution < -0.4 is 5.32 Å². The van der Waals surface area contributed by atoms with Crippen LogP contribution in [0.3, 0.4) is 0 Å². The first-order chi connectivity index (χ1) is 8.22. The van der Waals surface area contributed by atoms with Gasteiger partial charge in [0.25, 0.3) is 0 Å². The number of piperazine rings is 1. The molecule has 0 aliphatic carbocycles. The molecule has 0 aromatic heterocycles.